The molecular formula is C13H22N6. The first-order valence-corrected chi connectivity index (χ1v) is 6.96. The van der Waals surface area contributed by atoms with Crippen molar-refractivity contribution in [1.29, 1.82) is 0 Å². The number of anilines is 2. The number of nitrogens with one attached hydrogen (secondary N) is 1. The molecule has 6 heteroatoms. The van der Waals surface area contributed by atoms with E-state index in [2.05, 4.69) is 32.2 Å². The van der Waals surface area contributed by atoms with Crippen molar-refractivity contribution in [3.63, 3.8) is 0 Å². The minimum atomic E-state index is 0.650. The molecule has 3 heterocycles. The van der Waals surface area contributed by atoms with E-state index in [1.807, 2.05) is 13.0 Å². The Hall–Kier alpha value is -1.40. The number of aryl methyl sites for hydroxylation is 1. The van der Waals surface area contributed by atoms with Crippen molar-refractivity contribution >= 4 is 11.6 Å². The highest BCUT2D eigenvalue weighted by atomic mass is 15.3. The molecule has 2 aliphatic rings. The number of nitrogens with two attached hydrogens (primary N) is 1. The van der Waals surface area contributed by atoms with Crippen molar-refractivity contribution in [1.82, 2.24) is 14.9 Å². The van der Waals surface area contributed by atoms with Gasteiger partial charge in [-0.15, -0.1) is 0 Å². The fourth-order valence-corrected chi connectivity index (χ4v) is 3.30. The summed E-state index contributed by atoms with van der Waals surface area (Å²) >= 11 is 0. The SMILES string of the molecule is Cc1nc(NN)cc(N2CCC3CCC(C2)N3C)n1. The summed E-state index contributed by atoms with van der Waals surface area (Å²) in [5.41, 5.74) is 2.62. The Labute approximate surface area is 114 Å². The van der Waals surface area contributed by atoms with Crippen LogP contribution in [0.5, 0.6) is 0 Å². The molecule has 0 spiro atoms. The predicted molar refractivity (Wildman–Crippen MR) is 76.0 cm³/mol. The highest BCUT2D eigenvalue weighted by Crippen LogP contribution is 2.30. The standard InChI is InChI=1S/C13H22N6/c1-9-15-12(17-14)7-13(16-9)19-6-5-10-3-4-11(8-19)18(10)2/h7,10-11H,3-6,8,14H2,1-2H3,(H,15,16,17). The van der Waals surface area contributed by atoms with Crippen LogP contribution in [0.15, 0.2) is 6.07 Å². The zero-order valence-corrected chi connectivity index (χ0v) is 11.6. The zero-order chi connectivity index (χ0) is 13.4. The number of likely N-dealkylation sites (N-methyl/N-ethyl adjacent to an activating group) is 1. The lowest BCUT2D eigenvalue weighted by Gasteiger charge is -2.27. The van der Waals surface area contributed by atoms with E-state index in [0.29, 0.717) is 11.9 Å². The van der Waals surface area contributed by atoms with Crippen LogP contribution in [0.25, 0.3) is 0 Å². The van der Waals surface area contributed by atoms with E-state index >= 15 is 0 Å². The first-order valence-electron chi connectivity index (χ1n) is 6.96. The fraction of sp³-hybridized carbons (Fsp3) is 0.692. The van der Waals surface area contributed by atoms with Gasteiger partial charge in [0.15, 0.2) is 0 Å². The third-order valence-electron chi connectivity index (χ3n) is 4.44. The number of hydrogen-bond acceptors (Lipinski definition) is 6. The van der Waals surface area contributed by atoms with Gasteiger partial charge >= 0.3 is 0 Å². The maximum Gasteiger partial charge on any atom is 0.145 e. The summed E-state index contributed by atoms with van der Waals surface area (Å²) in [6, 6.07) is 3.33. The van der Waals surface area contributed by atoms with Crippen LogP contribution in [0, 0.1) is 6.92 Å². The van der Waals surface area contributed by atoms with Crippen LogP contribution >= 0.6 is 0 Å². The first-order chi connectivity index (χ1) is 9.17. The molecule has 2 atom stereocenters. The van der Waals surface area contributed by atoms with Crippen LogP contribution < -0.4 is 16.2 Å². The molecule has 2 bridgehead atoms. The third kappa shape index (κ3) is 2.37. The Morgan fingerprint density at radius 2 is 2.05 bits per heavy atom. The van der Waals surface area contributed by atoms with Gasteiger partial charge in [0.05, 0.1) is 0 Å². The van der Waals surface area contributed by atoms with E-state index in [1.54, 1.807) is 0 Å². The van der Waals surface area contributed by atoms with E-state index in [9.17, 15) is 0 Å². The number of nitrogen functional groups attached to an aromatic ring is 1. The molecule has 2 aliphatic heterocycles. The number of hydrazine groups is 1. The molecule has 1 aromatic rings. The van der Waals surface area contributed by atoms with Crippen molar-refractivity contribution in [2.24, 2.45) is 5.84 Å². The van der Waals surface area contributed by atoms with Crippen molar-refractivity contribution in [3.8, 4) is 0 Å². The van der Waals surface area contributed by atoms with Crippen LogP contribution in [0.1, 0.15) is 25.1 Å². The molecule has 2 fully saturated rings. The smallest absolute Gasteiger partial charge is 0.145 e. The van der Waals surface area contributed by atoms with E-state index in [0.717, 1.165) is 30.8 Å². The molecule has 1 aromatic heterocycles. The van der Waals surface area contributed by atoms with Crippen LogP contribution in [0.2, 0.25) is 0 Å². The van der Waals surface area contributed by atoms with Crippen molar-refractivity contribution in [3.05, 3.63) is 11.9 Å². The fourth-order valence-electron chi connectivity index (χ4n) is 3.30. The molecule has 0 radical (unpaired) electrons. The van der Waals surface area contributed by atoms with Gasteiger partial charge < -0.3 is 10.3 Å². The zero-order valence-electron chi connectivity index (χ0n) is 11.6. The molecule has 2 saturated heterocycles. The maximum absolute atomic E-state index is 5.46. The van der Waals surface area contributed by atoms with Crippen LogP contribution in [0.3, 0.4) is 0 Å². The minimum absolute atomic E-state index is 0.650. The molecule has 0 aromatic carbocycles. The Bertz CT molecular complexity index is 462. The lowest BCUT2D eigenvalue weighted by Crippen LogP contribution is -2.37. The molecule has 2 unspecified atom stereocenters. The number of nitrogens with zero attached hydrogens (tertiary/aromatic N) is 4. The molecule has 3 rings (SSSR count). The second-order valence-electron chi connectivity index (χ2n) is 5.59. The van der Waals surface area contributed by atoms with Gasteiger partial charge in [-0.3, -0.25) is 4.90 Å². The number of fused-ring (bicyclic) bond motifs is 2. The van der Waals surface area contributed by atoms with Gasteiger partial charge in [0, 0.05) is 31.2 Å². The molecule has 0 saturated carbocycles. The summed E-state index contributed by atoms with van der Waals surface area (Å²) in [7, 11) is 2.25. The summed E-state index contributed by atoms with van der Waals surface area (Å²) in [5.74, 6) is 7.89. The first kappa shape index (κ1) is 12.6. The number of aromatic nitrogens is 2. The second kappa shape index (κ2) is 4.94. The summed E-state index contributed by atoms with van der Waals surface area (Å²) < 4.78 is 0. The molecule has 19 heavy (non-hydrogen) atoms. The normalized spacial score (nSPS) is 27.4. The second-order valence-corrected chi connectivity index (χ2v) is 5.59. The monoisotopic (exact) mass is 262 g/mol. The highest BCUT2D eigenvalue weighted by molar-refractivity contribution is 5.49. The largest absolute Gasteiger partial charge is 0.355 e. The third-order valence-corrected chi connectivity index (χ3v) is 4.44. The molecule has 6 nitrogen and oxygen atoms in total. The average Bonchev–Trinajstić information content (AvgIpc) is 2.62. The van der Waals surface area contributed by atoms with Gasteiger partial charge in [0.25, 0.3) is 0 Å². The van der Waals surface area contributed by atoms with Gasteiger partial charge in [-0.2, -0.15) is 0 Å². The Morgan fingerprint density at radius 3 is 2.84 bits per heavy atom. The molecule has 3 N–H and O–H groups in total. The van der Waals surface area contributed by atoms with E-state index in [-0.39, 0.29) is 0 Å². The van der Waals surface area contributed by atoms with Gasteiger partial charge in [-0.1, -0.05) is 0 Å². The van der Waals surface area contributed by atoms with Gasteiger partial charge in [-0.05, 0) is 33.2 Å². The lowest BCUT2D eigenvalue weighted by molar-refractivity contribution is 0.254. The van der Waals surface area contributed by atoms with E-state index < -0.39 is 0 Å². The molecular weight excluding hydrogens is 240 g/mol. The number of rotatable bonds is 2. The van der Waals surface area contributed by atoms with E-state index in [1.165, 1.54) is 19.3 Å². The van der Waals surface area contributed by atoms with Gasteiger partial charge in [0.2, 0.25) is 0 Å². The average molecular weight is 262 g/mol. The molecule has 0 aliphatic carbocycles. The predicted octanol–water partition coefficient (Wildman–Crippen LogP) is 0.744. The quantitative estimate of drug-likeness (QED) is 0.605. The van der Waals surface area contributed by atoms with E-state index in [4.69, 9.17) is 5.84 Å². The lowest BCUT2D eigenvalue weighted by atomic mass is 10.1. The van der Waals surface area contributed by atoms with Gasteiger partial charge in [-0.25, -0.2) is 15.8 Å². The van der Waals surface area contributed by atoms with Crippen molar-refractivity contribution in [2.75, 3.05) is 30.5 Å². The summed E-state index contributed by atoms with van der Waals surface area (Å²) in [6.45, 7) is 4.01. The van der Waals surface area contributed by atoms with Crippen LogP contribution in [-0.2, 0) is 0 Å². The summed E-state index contributed by atoms with van der Waals surface area (Å²) in [6.07, 6.45) is 3.85. The Morgan fingerprint density at radius 1 is 1.26 bits per heavy atom. The van der Waals surface area contributed by atoms with Crippen molar-refractivity contribution in [2.45, 2.75) is 38.3 Å². The maximum atomic E-state index is 5.46. The topological polar surface area (TPSA) is 70.3 Å². The Kier molecular flexibility index (Phi) is 3.28. The summed E-state index contributed by atoms with van der Waals surface area (Å²) in [4.78, 5) is 13.7. The Balaban J connectivity index is 1.84. The van der Waals surface area contributed by atoms with Crippen molar-refractivity contribution < 1.29 is 0 Å². The molecule has 104 valence electrons. The molecule has 0 amide bonds. The van der Waals surface area contributed by atoms with Gasteiger partial charge in [0.1, 0.15) is 17.5 Å². The highest BCUT2D eigenvalue weighted by Gasteiger charge is 2.35. The van der Waals surface area contributed by atoms with Crippen LogP contribution in [-0.4, -0.2) is 47.1 Å². The summed E-state index contributed by atoms with van der Waals surface area (Å²) in [5, 5.41) is 0. The van der Waals surface area contributed by atoms with Crippen LogP contribution in [0.4, 0.5) is 11.6 Å². The minimum Gasteiger partial charge on any atom is -0.355 e. The number of hydrogen-bond donors (Lipinski definition) is 2.